The highest BCUT2D eigenvalue weighted by Gasteiger charge is 2.06. The highest BCUT2D eigenvalue weighted by atomic mass is 16.4. The molecule has 2 aromatic heterocycles. The molecule has 0 saturated carbocycles. The van der Waals surface area contributed by atoms with Crippen molar-refractivity contribution in [2.24, 2.45) is 0 Å². The number of nitrogens with zero attached hydrogens (tertiary/aromatic N) is 3. The summed E-state index contributed by atoms with van der Waals surface area (Å²) in [7, 11) is 0. The third kappa shape index (κ3) is 1.69. The van der Waals surface area contributed by atoms with Gasteiger partial charge in [0.15, 0.2) is 0 Å². The second-order valence-corrected chi connectivity index (χ2v) is 3.40. The number of aryl methyl sites for hydroxylation is 3. The minimum absolute atomic E-state index is 0.600. The molecule has 2 rings (SSSR count). The van der Waals surface area contributed by atoms with Crippen molar-refractivity contribution >= 4 is 0 Å². The fraction of sp³-hybridized carbons (Fsp3) is 0.400. The van der Waals surface area contributed by atoms with Crippen LogP contribution in [0.25, 0.3) is 0 Å². The molecule has 0 aliphatic heterocycles. The Hall–Kier alpha value is -1.58. The zero-order valence-electron chi connectivity index (χ0n) is 8.61. The van der Waals surface area contributed by atoms with Crippen molar-refractivity contribution in [3.05, 3.63) is 35.3 Å². The van der Waals surface area contributed by atoms with E-state index >= 15 is 0 Å². The Morgan fingerprint density at radius 3 is 2.64 bits per heavy atom. The zero-order valence-corrected chi connectivity index (χ0v) is 8.61. The summed E-state index contributed by atoms with van der Waals surface area (Å²) in [4.78, 5) is 4.29. The van der Waals surface area contributed by atoms with E-state index in [0.717, 1.165) is 17.1 Å². The van der Waals surface area contributed by atoms with Crippen LogP contribution in [0.5, 0.6) is 0 Å². The van der Waals surface area contributed by atoms with Gasteiger partial charge in [-0.1, -0.05) is 0 Å². The average Bonchev–Trinajstić information content (AvgIpc) is 2.62. The molecule has 0 N–H and O–H groups in total. The second-order valence-electron chi connectivity index (χ2n) is 3.40. The molecule has 4 nitrogen and oxygen atoms in total. The van der Waals surface area contributed by atoms with Crippen molar-refractivity contribution in [3.8, 4) is 0 Å². The molecule has 0 aliphatic carbocycles. The van der Waals surface area contributed by atoms with Crippen LogP contribution >= 0.6 is 0 Å². The lowest BCUT2D eigenvalue weighted by Gasteiger charge is -1.95. The summed E-state index contributed by atoms with van der Waals surface area (Å²) in [6.07, 6.45) is 1.92. The Balaban J connectivity index is 2.18. The number of hydrogen-bond donors (Lipinski definition) is 0. The van der Waals surface area contributed by atoms with Crippen molar-refractivity contribution < 1.29 is 4.42 Å². The molecule has 74 valence electrons. The van der Waals surface area contributed by atoms with Crippen LogP contribution in [0.4, 0.5) is 0 Å². The second kappa shape index (κ2) is 3.29. The van der Waals surface area contributed by atoms with Crippen LogP contribution in [-0.2, 0) is 6.54 Å². The minimum atomic E-state index is 0.600. The maximum absolute atomic E-state index is 5.46. The van der Waals surface area contributed by atoms with Crippen molar-refractivity contribution in [1.82, 2.24) is 14.8 Å². The van der Waals surface area contributed by atoms with E-state index < -0.39 is 0 Å². The predicted molar refractivity (Wildman–Crippen MR) is 52.0 cm³/mol. The quantitative estimate of drug-likeness (QED) is 0.727. The first-order valence-electron chi connectivity index (χ1n) is 4.58. The molecule has 2 heterocycles. The monoisotopic (exact) mass is 191 g/mol. The van der Waals surface area contributed by atoms with Gasteiger partial charge < -0.3 is 4.42 Å². The molecule has 2 aromatic rings. The van der Waals surface area contributed by atoms with Gasteiger partial charge in [0.2, 0.25) is 5.89 Å². The molecule has 0 fully saturated rings. The molecule has 4 heteroatoms. The van der Waals surface area contributed by atoms with Gasteiger partial charge in [-0.3, -0.25) is 4.68 Å². The molecule has 0 amide bonds. The molecule has 0 spiro atoms. The first-order valence-corrected chi connectivity index (χ1v) is 4.58. The molecular formula is C10H13N3O. The first-order chi connectivity index (χ1) is 6.65. The first kappa shape index (κ1) is 8.99. The highest BCUT2D eigenvalue weighted by Crippen LogP contribution is 2.09. The lowest BCUT2D eigenvalue weighted by atomic mass is 10.4. The Morgan fingerprint density at radius 1 is 1.36 bits per heavy atom. The van der Waals surface area contributed by atoms with Gasteiger partial charge in [0.25, 0.3) is 0 Å². The van der Waals surface area contributed by atoms with Gasteiger partial charge in [0.05, 0.1) is 11.4 Å². The Kier molecular flexibility index (Phi) is 2.11. The van der Waals surface area contributed by atoms with Gasteiger partial charge in [-0.25, -0.2) is 4.98 Å². The fourth-order valence-electron chi connectivity index (χ4n) is 1.30. The molecule has 0 aliphatic rings. The predicted octanol–water partition coefficient (Wildman–Crippen LogP) is 1.84. The van der Waals surface area contributed by atoms with Crippen molar-refractivity contribution in [2.45, 2.75) is 27.3 Å². The normalized spacial score (nSPS) is 10.8. The van der Waals surface area contributed by atoms with Crippen LogP contribution in [0.3, 0.4) is 0 Å². The summed E-state index contributed by atoms with van der Waals surface area (Å²) in [5, 5.41) is 4.26. The summed E-state index contributed by atoms with van der Waals surface area (Å²) < 4.78 is 7.28. The van der Waals surface area contributed by atoms with E-state index in [4.69, 9.17) is 4.42 Å². The number of rotatable bonds is 2. The SMILES string of the molecule is Cc1ccn(Cc2nc(C)c(C)o2)n1. The summed E-state index contributed by atoms with van der Waals surface area (Å²) in [5.74, 6) is 1.59. The standard InChI is InChI=1S/C10H13N3O/c1-7-4-5-13(12-7)6-10-11-8(2)9(3)14-10/h4-5H,6H2,1-3H3. The van der Waals surface area contributed by atoms with Crippen LogP contribution in [0.2, 0.25) is 0 Å². The third-order valence-electron chi connectivity index (χ3n) is 2.14. The molecule has 14 heavy (non-hydrogen) atoms. The molecule has 0 radical (unpaired) electrons. The summed E-state index contributed by atoms with van der Waals surface area (Å²) >= 11 is 0. The smallest absolute Gasteiger partial charge is 0.216 e. The number of oxazole rings is 1. The lowest BCUT2D eigenvalue weighted by Crippen LogP contribution is -2.00. The number of hydrogen-bond acceptors (Lipinski definition) is 3. The fourth-order valence-corrected chi connectivity index (χ4v) is 1.30. The van der Waals surface area contributed by atoms with Crippen molar-refractivity contribution in [2.75, 3.05) is 0 Å². The molecule has 0 bridgehead atoms. The molecular weight excluding hydrogens is 178 g/mol. The lowest BCUT2D eigenvalue weighted by molar-refractivity contribution is 0.445. The third-order valence-corrected chi connectivity index (χ3v) is 2.14. The topological polar surface area (TPSA) is 43.9 Å². The number of aromatic nitrogens is 3. The summed E-state index contributed by atoms with van der Waals surface area (Å²) in [6.45, 7) is 6.42. The van der Waals surface area contributed by atoms with E-state index in [1.807, 2.05) is 37.7 Å². The van der Waals surface area contributed by atoms with Crippen LogP contribution in [0, 0.1) is 20.8 Å². The Morgan fingerprint density at radius 2 is 2.14 bits per heavy atom. The van der Waals surface area contributed by atoms with E-state index in [1.54, 1.807) is 0 Å². The van der Waals surface area contributed by atoms with Crippen LogP contribution in [-0.4, -0.2) is 14.8 Å². The Labute approximate surface area is 82.6 Å². The van der Waals surface area contributed by atoms with E-state index in [1.165, 1.54) is 0 Å². The van der Waals surface area contributed by atoms with Gasteiger partial charge in [-0.15, -0.1) is 0 Å². The van der Waals surface area contributed by atoms with Gasteiger partial charge >= 0.3 is 0 Å². The van der Waals surface area contributed by atoms with Crippen molar-refractivity contribution in [3.63, 3.8) is 0 Å². The molecule has 0 saturated heterocycles. The molecule has 0 aromatic carbocycles. The zero-order chi connectivity index (χ0) is 10.1. The van der Waals surface area contributed by atoms with Gasteiger partial charge in [-0.2, -0.15) is 5.10 Å². The maximum atomic E-state index is 5.46. The van der Waals surface area contributed by atoms with E-state index in [0.29, 0.717) is 12.4 Å². The van der Waals surface area contributed by atoms with E-state index in [2.05, 4.69) is 10.1 Å². The molecule has 0 atom stereocenters. The minimum Gasteiger partial charge on any atom is -0.444 e. The molecule has 0 unspecified atom stereocenters. The Bertz CT molecular complexity index is 422. The van der Waals surface area contributed by atoms with Crippen molar-refractivity contribution in [1.29, 1.82) is 0 Å². The van der Waals surface area contributed by atoms with Crippen LogP contribution in [0.15, 0.2) is 16.7 Å². The summed E-state index contributed by atoms with van der Waals surface area (Å²) in [5.41, 5.74) is 1.95. The van der Waals surface area contributed by atoms with Crippen LogP contribution in [0.1, 0.15) is 23.0 Å². The van der Waals surface area contributed by atoms with Gasteiger partial charge in [-0.05, 0) is 26.8 Å². The van der Waals surface area contributed by atoms with E-state index in [9.17, 15) is 0 Å². The largest absolute Gasteiger partial charge is 0.444 e. The maximum Gasteiger partial charge on any atom is 0.216 e. The summed E-state index contributed by atoms with van der Waals surface area (Å²) in [6, 6.07) is 1.96. The van der Waals surface area contributed by atoms with E-state index in [-0.39, 0.29) is 0 Å². The average molecular weight is 191 g/mol. The highest BCUT2D eigenvalue weighted by molar-refractivity contribution is 5.05. The van der Waals surface area contributed by atoms with Gasteiger partial charge in [0.1, 0.15) is 12.3 Å². The van der Waals surface area contributed by atoms with Gasteiger partial charge in [0, 0.05) is 6.20 Å². The van der Waals surface area contributed by atoms with Crippen LogP contribution < -0.4 is 0 Å².